The van der Waals surface area contributed by atoms with Gasteiger partial charge in [-0.2, -0.15) is 0 Å². The van der Waals surface area contributed by atoms with Crippen LogP contribution in [-0.4, -0.2) is 23.2 Å². The number of carbonyl (C=O) groups is 1. The number of aliphatic hydroxyl groups excluding tert-OH is 1. The van der Waals surface area contributed by atoms with Crippen LogP contribution in [0.5, 0.6) is 0 Å². The Bertz CT molecular complexity index is 453. The number of amides is 1. The van der Waals surface area contributed by atoms with Gasteiger partial charge in [0.2, 0.25) is 0 Å². The molecule has 4 nitrogen and oxygen atoms in total. The molecule has 0 radical (unpaired) electrons. The Morgan fingerprint density at radius 2 is 1.94 bits per heavy atom. The molecule has 0 spiro atoms. The maximum absolute atomic E-state index is 12.2. The summed E-state index contributed by atoms with van der Waals surface area (Å²) < 4.78 is 0. The van der Waals surface area contributed by atoms with Crippen LogP contribution in [0.15, 0.2) is 12.1 Å². The average molecular weight is 250 g/mol. The summed E-state index contributed by atoms with van der Waals surface area (Å²) >= 11 is 0. The smallest absolute Gasteiger partial charge is 0.252 e. The highest BCUT2D eigenvalue weighted by molar-refractivity contribution is 5.97. The number of anilines is 1. The molecule has 1 aromatic rings. The fourth-order valence-electron chi connectivity index (χ4n) is 1.83. The number of hydrogen-bond acceptors (Lipinski definition) is 3. The van der Waals surface area contributed by atoms with Gasteiger partial charge in [-0.15, -0.1) is 0 Å². The van der Waals surface area contributed by atoms with E-state index in [1.165, 1.54) is 0 Å². The summed E-state index contributed by atoms with van der Waals surface area (Å²) in [5.41, 5.74) is 8.47. The lowest BCUT2D eigenvalue weighted by Gasteiger charge is -2.26. The number of nitrogens with one attached hydrogen (secondary N) is 1. The Morgan fingerprint density at radius 1 is 1.33 bits per heavy atom. The van der Waals surface area contributed by atoms with Crippen LogP contribution in [0, 0.1) is 13.8 Å². The van der Waals surface area contributed by atoms with E-state index in [-0.39, 0.29) is 12.5 Å². The fraction of sp³-hybridized carbons (Fsp3) is 0.500. The maximum Gasteiger partial charge on any atom is 0.252 e. The van der Waals surface area contributed by atoms with Crippen LogP contribution in [0.25, 0.3) is 0 Å². The monoisotopic (exact) mass is 250 g/mol. The number of aryl methyl sites for hydroxylation is 2. The van der Waals surface area contributed by atoms with Gasteiger partial charge in [-0.3, -0.25) is 4.79 Å². The van der Waals surface area contributed by atoms with Crippen LogP contribution >= 0.6 is 0 Å². The molecule has 1 amide bonds. The van der Waals surface area contributed by atoms with Crippen molar-refractivity contribution in [3.8, 4) is 0 Å². The Kier molecular flexibility index (Phi) is 4.35. The predicted molar refractivity (Wildman–Crippen MR) is 73.6 cm³/mol. The molecule has 0 aliphatic rings. The lowest BCUT2D eigenvalue weighted by atomic mass is 9.98. The first-order valence-electron chi connectivity index (χ1n) is 6.07. The summed E-state index contributed by atoms with van der Waals surface area (Å²) in [6, 6.07) is 3.61. The first kappa shape index (κ1) is 14.5. The summed E-state index contributed by atoms with van der Waals surface area (Å²) in [4.78, 5) is 12.2. The summed E-state index contributed by atoms with van der Waals surface area (Å²) in [7, 11) is 0. The standard InChI is InChI=1S/C14H22N2O2/c1-9-7-10(2)12(15)8-11(9)13(18)16-14(3,4)5-6-17/h7-8,17H,5-6,15H2,1-4H3,(H,16,18). The molecule has 0 fully saturated rings. The van der Waals surface area contributed by atoms with Gasteiger partial charge in [0.25, 0.3) is 5.91 Å². The summed E-state index contributed by atoms with van der Waals surface area (Å²) in [5.74, 6) is -0.155. The second-order valence-electron chi connectivity index (χ2n) is 5.34. The van der Waals surface area contributed by atoms with Crippen LogP contribution in [0.2, 0.25) is 0 Å². The van der Waals surface area contributed by atoms with Crippen molar-refractivity contribution in [1.29, 1.82) is 0 Å². The van der Waals surface area contributed by atoms with Gasteiger partial charge in [0, 0.05) is 23.4 Å². The van der Waals surface area contributed by atoms with Crippen LogP contribution in [0.1, 0.15) is 41.8 Å². The second kappa shape index (κ2) is 5.40. The quantitative estimate of drug-likeness (QED) is 0.713. The summed E-state index contributed by atoms with van der Waals surface area (Å²) in [6.07, 6.45) is 0.513. The topological polar surface area (TPSA) is 75.3 Å². The Morgan fingerprint density at radius 3 is 2.50 bits per heavy atom. The third kappa shape index (κ3) is 3.47. The Balaban J connectivity index is 2.95. The maximum atomic E-state index is 12.2. The predicted octanol–water partition coefficient (Wildman–Crippen LogP) is 1.78. The number of carbonyl (C=O) groups excluding carboxylic acids is 1. The molecule has 0 unspecified atom stereocenters. The lowest BCUT2D eigenvalue weighted by Crippen LogP contribution is -2.44. The first-order valence-corrected chi connectivity index (χ1v) is 6.07. The molecule has 100 valence electrons. The minimum atomic E-state index is -0.433. The van der Waals surface area contributed by atoms with Crippen molar-refractivity contribution in [3.05, 3.63) is 28.8 Å². The molecule has 0 aliphatic carbocycles. The van der Waals surface area contributed by atoms with E-state index in [1.54, 1.807) is 6.07 Å². The van der Waals surface area contributed by atoms with E-state index >= 15 is 0 Å². The highest BCUT2D eigenvalue weighted by atomic mass is 16.3. The third-order valence-corrected chi connectivity index (χ3v) is 3.05. The minimum absolute atomic E-state index is 0.0439. The molecule has 4 N–H and O–H groups in total. The van der Waals surface area contributed by atoms with Gasteiger partial charge in [-0.1, -0.05) is 6.07 Å². The minimum Gasteiger partial charge on any atom is -0.398 e. The summed E-state index contributed by atoms with van der Waals surface area (Å²) in [6.45, 7) is 7.62. The van der Waals surface area contributed by atoms with E-state index in [1.807, 2.05) is 33.8 Å². The van der Waals surface area contributed by atoms with Gasteiger partial charge in [0.15, 0.2) is 0 Å². The van der Waals surface area contributed by atoms with Crippen molar-refractivity contribution >= 4 is 11.6 Å². The zero-order valence-corrected chi connectivity index (χ0v) is 11.5. The Hall–Kier alpha value is -1.55. The molecule has 0 heterocycles. The molecule has 4 heteroatoms. The van der Waals surface area contributed by atoms with Crippen LogP contribution in [0.4, 0.5) is 5.69 Å². The van der Waals surface area contributed by atoms with E-state index in [0.717, 1.165) is 11.1 Å². The van der Waals surface area contributed by atoms with Crippen LogP contribution in [0.3, 0.4) is 0 Å². The number of benzene rings is 1. The number of rotatable bonds is 4. The normalized spacial score (nSPS) is 11.4. The molecule has 0 aromatic heterocycles. The SMILES string of the molecule is Cc1cc(C)c(C(=O)NC(C)(C)CCO)cc1N. The number of aliphatic hydroxyl groups is 1. The van der Waals surface area contributed by atoms with E-state index < -0.39 is 5.54 Å². The molecular formula is C14H22N2O2. The zero-order chi connectivity index (χ0) is 13.9. The van der Waals surface area contributed by atoms with Crippen LogP contribution in [-0.2, 0) is 0 Å². The highest BCUT2D eigenvalue weighted by Gasteiger charge is 2.21. The van der Waals surface area contributed by atoms with Gasteiger partial charge in [-0.25, -0.2) is 0 Å². The highest BCUT2D eigenvalue weighted by Crippen LogP contribution is 2.19. The third-order valence-electron chi connectivity index (χ3n) is 3.05. The molecule has 0 aliphatic heterocycles. The molecule has 18 heavy (non-hydrogen) atoms. The van der Waals surface area contributed by atoms with Gasteiger partial charge in [0.05, 0.1) is 0 Å². The number of hydrogen-bond donors (Lipinski definition) is 3. The number of nitrogens with two attached hydrogens (primary N) is 1. The van der Waals surface area contributed by atoms with Crippen LogP contribution < -0.4 is 11.1 Å². The average Bonchev–Trinajstić information content (AvgIpc) is 2.22. The largest absolute Gasteiger partial charge is 0.398 e. The van der Waals surface area contributed by atoms with Gasteiger partial charge >= 0.3 is 0 Å². The first-order chi connectivity index (χ1) is 8.26. The van der Waals surface area contributed by atoms with E-state index in [4.69, 9.17) is 10.8 Å². The molecule has 0 saturated carbocycles. The Labute approximate surface area is 108 Å². The van der Waals surface area contributed by atoms with E-state index in [9.17, 15) is 4.79 Å². The van der Waals surface area contributed by atoms with E-state index in [0.29, 0.717) is 17.7 Å². The van der Waals surface area contributed by atoms with Crippen molar-refractivity contribution in [3.63, 3.8) is 0 Å². The van der Waals surface area contributed by atoms with Crippen molar-refractivity contribution in [2.24, 2.45) is 0 Å². The molecule has 1 rings (SSSR count). The molecular weight excluding hydrogens is 228 g/mol. The summed E-state index contributed by atoms with van der Waals surface area (Å²) in [5, 5.41) is 11.9. The van der Waals surface area contributed by atoms with E-state index in [2.05, 4.69) is 5.32 Å². The molecule has 1 aromatic carbocycles. The van der Waals surface area contributed by atoms with Crippen molar-refractivity contribution in [2.45, 2.75) is 39.7 Å². The number of nitrogen functional groups attached to an aromatic ring is 1. The molecule has 0 atom stereocenters. The van der Waals surface area contributed by atoms with Gasteiger partial charge < -0.3 is 16.2 Å². The van der Waals surface area contributed by atoms with Gasteiger partial charge in [-0.05, 0) is 51.3 Å². The zero-order valence-electron chi connectivity index (χ0n) is 11.5. The fourth-order valence-corrected chi connectivity index (χ4v) is 1.83. The van der Waals surface area contributed by atoms with Crippen molar-refractivity contribution in [1.82, 2.24) is 5.32 Å². The molecule has 0 saturated heterocycles. The van der Waals surface area contributed by atoms with Crippen molar-refractivity contribution < 1.29 is 9.90 Å². The lowest BCUT2D eigenvalue weighted by molar-refractivity contribution is 0.0899. The van der Waals surface area contributed by atoms with Crippen molar-refractivity contribution in [2.75, 3.05) is 12.3 Å². The second-order valence-corrected chi connectivity index (χ2v) is 5.34. The van der Waals surface area contributed by atoms with Gasteiger partial charge in [0.1, 0.15) is 0 Å². The molecule has 0 bridgehead atoms.